The van der Waals surface area contributed by atoms with Crippen LogP contribution in [0.5, 0.6) is 0 Å². The van der Waals surface area contributed by atoms with Gasteiger partial charge in [-0.05, 0) is 44.0 Å². The molecule has 1 unspecified atom stereocenters. The van der Waals surface area contributed by atoms with Gasteiger partial charge in [-0.2, -0.15) is 0 Å². The molecular weight excluding hydrogens is 324 g/mol. The zero-order valence-electron chi connectivity index (χ0n) is 15.6. The molecule has 0 aliphatic heterocycles. The van der Waals surface area contributed by atoms with Crippen molar-refractivity contribution in [2.45, 2.75) is 33.2 Å². The lowest BCUT2D eigenvalue weighted by Gasteiger charge is -2.27. The Morgan fingerprint density at radius 1 is 1.08 bits per heavy atom. The van der Waals surface area contributed by atoms with E-state index in [1.807, 2.05) is 68.4 Å². The number of para-hydroxylation sites is 1. The maximum atomic E-state index is 12.6. The first-order chi connectivity index (χ1) is 12.5. The lowest BCUT2D eigenvalue weighted by Crippen LogP contribution is -2.45. The third kappa shape index (κ3) is 5.59. The van der Waals surface area contributed by atoms with Gasteiger partial charge < -0.3 is 10.2 Å². The number of nitrogens with zero attached hydrogens (tertiary/aromatic N) is 1. The minimum atomic E-state index is -0.551. The van der Waals surface area contributed by atoms with Crippen molar-refractivity contribution in [3.05, 3.63) is 71.8 Å². The number of hydrogen-bond acceptors (Lipinski definition) is 2. The van der Waals surface area contributed by atoms with E-state index in [4.69, 9.17) is 0 Å². The standard InChI is InChI=1S/C22H26N2O2/c1-4-16-24(18(3)22(26)23-20-8-6-5-7-9-20)21(25)15-14-19-12-10-17(2)11-13-19/h5-15,18H,4,16H2,1-3H3,(H,23,26)/b15-14+. The summed E-state index contributed by atoms with van der Waals surface area (Å²) in [6, 6.07) is 16.7. The topological polar surface area (TPSA) is 49.4 Å². The van der Waals surface area contributed by atoms with Gasteiger partial charge in [-0.15, -0.1) is 0 Å². The largest absolute Gasteiger partial charge is 0.327 e. The van der Waals surface area contributed by atoms with E-state index in [9.17, 15) is 9.59 Å². The first-order valence-electron chi connectivity index (χ1n) is 8.92. The number of hydrogen-bond donors (Lipinski definition) is 1. The fourth-order valence-electron chi connectivity index (χ4n) is 2.59. The molecular formula is C22H26N2O2. The minimum Gasteiger partial charge on any atom is -0.327 e. The first-order valence-corrected chi connectivity index (χ1v) is 8.92. The smallest absolute Gasteiger partial charge is 0.247 e. The Labute approximate surface area is 155 Å². The average Bonchev–Trinajstić information content (AvgIpc) is 2.65. The Kier molecular flexibility index (Phi) is 7.15. The van der Waals surface area contributed by atoms with Crippen molar-refractivity contribution in [3.8, 4) is 0 Å². The number of carbonyl (C=O) groups excluding carboxylic acids is 2. The van der Waals surface area contributed by atoms with Crippen LogP contribution in [0.4, 0.5) is 5.69 Å². The molecule has 2 aromatic carbocycles. The maximum Gasteiger partial charge on any atom is 0.247 e. The van der Waals surface area contributed by atoms with E-state index in [0.29, 0.717) is 6.54 Å². The Hall–Kier alpha value is -2.88. The maximum absolute atomic E-state index is 12.6. The van der Waals surface area contributed by atoms with E-state index in [0.717, 1.165) is 17.7 Å². The summed E-state index contributed by atoms with van der Waals surface area (Å²) in [5.41, 5.74) is 2.86. The molecule has 2 amide bonds. The van der Waals surface area contributed by atoms with Crippen LogP contribution in [0, 0.1) is 6.92 Å². The molecule has 0 saturated carbocycles. The van der Waals surface area contributed by atoms with Crippen LogP contribution in [0.3, 0.4) is 0 Å². The molecule has 0 aliphatic carbocycles. The summed E-state index contributed by atoms with van der Waals surface area (Å²) in [4.78, 5) is 26.7. The van der Waals surface area contributed by atoms with Gasteiger partial charge in [0, 0.05) is 18.3 Å². The molecule has 0 spiro atoms. The van der Waals surface area contributed by atoms with Gasteiger partial charge >= 0.3 is 0 Å². The number of nitrogens with one attached hydrogen (secondary N) is 1. The van der Waals surface area contributed by atoms with Crippen LogP contribution in [0.15, 0.2) is 60.7 Å². The molecule has 0 saturated heterocycles. The number of anilines is 1. The lowest BCUT2D eigenvalue weighted by molar-refractivity contribution is -0.134. The van der Waals surface area contributed by atoms with Gasteiger partial charge in [0.1, 0.15) is 6.04 Å². The summed E-state index contributed by atoms with van der Waals surface area (Å²) in [7, 11) is 0. The minimum absolute atomic E-state index is 0.164. The normalized spacial score (nSPS) is 12.0. The Morgan fingerprint density at radius 3 is 2.35 bits per heavy atom. The number of carbonyl (C=O) groups is 2. The molecule has 4 heteroatoms. The number of benzene rings is 2. The monoisotopic (exact) mass is 350 g/mol. The highest BCUT2D eigenvalue weighted by Crippen LogP contribution is 2.11. The second-order valence-electron chi connectivity index (χ2n) is 6.31. The number of rotatable bonds is 7. The molecule has 0 aromatic heterocycles. The van der Waals surface area contributed by atoms with E-state index < -0.39 is 6.04 Å². The molecule has 0 heterocycles. The van der Waals surface area contributed by atoms with Gasteiger partial charge in [-0.3, -0.25) is 9.59 Å². The quantitative estimate of drug-likeness (QED) is 0.758. The lowest BCUT2D eigenvalue weighted by atomic mass is 10.1. The number of aryl methyl sites for hydroxylation is 1. The van der Waals surface area contributed by atoms with E-state index in [1.54, 1.807) is 17.9 Å². The Morgan fingerprint density at radius 2 is 1.73 bits per heavy atom. The van der Waals surface area contributed by atoms with E-state index in [-0.39, 0.29) is 11.8 Å². The van der Waals surface area contributed by atoms with Gasteiger partial charge in [-0.25, -0.2) is 0 Å². The van der Waals surface area contributed by atoms with Crippen LogP contribution < -0.4 is 5.32 Å². The predicted molar refractivity (Wildman–Crippen MR) is 107 cm³/mol. The van der Waals surface area contributed by atoms with Crippen molar-refractivity contribution < 1.29 is 9.59 Å². The molecule has 136 valence electrons. The molecule has 0 aliphatic rings. The van der Waals surface area contributed by atoms with Crippen LogP contribution in [0.1, 0.15) is 31.4 Å². The highest BCUT2D eigenvalue weighted by Gasteiger charge is 2.23. The van der Waals surface area contributed by atoms with Crippen molar-refractivity contribution in [2.75, 3.05) is 11.9 Å². The summed E-state index contributed by atoms with van der Waals surface area (Å²) in [5.74, 6) is -0.357. The molecule has 0 fully saturated rings. The summed E-state index contributed by atoms with van der Waals surface area (Å²) in [6.45, 7) is 6.30. The highest BCUT2D eigenvalue weighted by molar-refractivity contribution is 5.99. The Balaban J connectivity index is 2.06. The molecule has 0 bridgehead atoms. The van der Waals surface area contributed by atoms with Gasteiger partial charge in [0.15, 0.2) is 0 Å². The van der Waals surface area contributed by atoms with Crippen LogP contribution in [-0.4, -0.2) is 29.3 Å². The van der Waals surface area contributed by atoms with Crippen molar-refractivity contribution in [3.63, 3.8) is 0 Å². The van der Waals surface area contributed by atoms with Crippen LogP contribution in [0.25, 0.3) is 6.08 Å². The third-order valence-corrected chi connectivity index (χ3v) is 4.13. The molecule has 1 N–H and O–H groups in total. The van der Waals surface area contributed by atoms with Crippen molar-refractivity contribution in [2.24, 2.45) is 0 Å². The van der Waals surface area contributed by atoms with Crippen molar-refractivity contribution in [1.29, 1.82) is 0 Å². The van der Waals surface area contributed by atoms with Crippen LogP contribution in [0.2, 0.25) is 0 Å². The van der Waals surface area contributed by atoms with Crippen molar-refractivity contribution in [1.82, 2.24) is 4.90 Å². The average molecular weight is 350 g/mol. The van der Waals surface area contributed by atoms with Crippen LogP contribution in [-0.2, 0) is 9.59 Å². The molecule has 2 rings (SSSR count). The van der Waals surface area contributed by atoms with Gasteiger partial charge in [0.25, 0.3) is 0 Å². The Bertz CT molecular complexity index is 751. The zero-order chi connectivity index (χ0) is 18.9. The third-order valence-electron chi connectivity index (χ3n) is 4.13. The summed E-state index contributed by atoms with van der Waals surface area (Å²) in [5, 5.41) is 2.86. The van der Waals surface area contributed by atoms with E-state index in [1.165, 1.54) is 11.6 Å². The SMILES string of the molecule is CCCN(C(=O)/C=C/c1ccc(C)cc1)C(C)C(=O)Nc1ccccc1. The molecule has 4 nitrogen and oxygen atoms in total. The molecule has 1 atom stereocenters. The van der Waals surface area contributed by atoms with E-state index >= 15 is 0 Å². The van der Waals surface area contributed by atoms with E-state index in [2.05, 4.69) is 5.32 Å². The van der Waals surface area contributed by atoms with Gasteiger partial charge in [0.2, 0.25) is 11.8 Å². The summed E-state index contributed by atoms with van der Waals surface area (Å²) < 4.78 is 0. The summed E-state index contributed by atoms with van der Waals surface area (Å²) >= 11 is 0. The molecule has 26 heavy (non-hydrogen) atoms. The highest BCUT2D eigenvalue weighted by atomic mass is 16.2. The zero-order valence-corrected chi connectivity index (χ0v) is 15.6. The van der Waals surface area contributed by atoms with Crippen molar-refractivity contribution >= 4 is 23.6 Å². The first kappa shape index (κ1) is 19.4. The number of amides is 2. The second kappa shape index (κ2) is 9.56. The fraction of sp³-hybridized carbons (Fsp3) is 0.273. The van der Waals surface area contributed by atoms with Gasteiger partial charge in [0.05, 0.1) is 0 Å². The molecule has 2 aromatic rings. The van der Waals surface area contributed by atoms with Gasteiger partial charge in [-0.1, -0.05) is 55.0 Å². The van der Waals surface area contributed by atoms with Crippen LogP contribution >= 0.6 is 0 Å². The fourth-order valence-corrected chi connectivity index (χ4v) is 2.59. The predicted octanol–water partition coefficient (Wildman–Crippen LogP) is 4.27. The molecule has 0 radical (unpaired) electrons. The second-order valence-corrected chi connectivity index (χ2v) is 6.31. The summed E-state index contributed by atoms with van der Waals surface area (Å²) in [6.07, 6.45) is 4.10.